The van der Waals surface area contributed by atoms with Crippen LogP contribution in [0.3, 0.4) is 0 Å². The summed E-state index contributed by atoms with van der Waals surface area (Å²) in [5, 5.41) is 0.216. The molecule has 3 nitrogen and oxygen atoms in total. The largest absolute Gasteiger partial charge is 0.497 e. The Hall–Kier alpha value is -1.39. The van der Waals surface area contributed by atoms with Gasteiger partial charge in [-0.3, -0.25) is 0 Å². The SMILES string of the molecule is C=CC12CCc3cc(OC)ccc3C1[C@@H](CCCCCC(C)=O)C[C@@]1(C)C2CC[C@@H]1O[Si](C)(C)C(C)(C)C. The molecule has 4 rings (SSSR count). The molecule has 6 atom stereocenters. The van der Waals surface area contributed by atoms with Crippen LogP contribution >= 0.6 is 0 Å². The quantitative estimate of drug-likeness (QED) is 0.169. The number of Topliss-reactive ketones (excluding diaryl/α,β-unsaturated/α-hetero) is 1. The summed E-state index contributed by atoms with van der Waals surface area (Å²) in [7, 11) is -0.107. The number of carbonyl (C=O) groups excluding carboxylic acids is 1. The summed E-state index contributed by atoms with van der Waals surface area (Å²) >= 11 is 0. The van der Waals surface area contributed by atoms with Gasteiger partial charge in [-0.05, 0) is 122 Å². The van der Waals surface area contributed by atoms with Gasteiger partial charge in [0, 0.05) is 6.42 Å². The van der Waals surface area contributed by atoms with Gasteiger partial charge in [0.25, 0.3) is 0 Å². The Labute approximate surface area is 234 Å². The number of hydrogen-bond acceptors (Lipinski definition) is 3. The standard InChI is InChI=1S/C34H54O3Si/c1-10-34-21-20-25-22-27(36-7)16-17-28(25)31(34)26(15-13-11-12-14-24(2)35)23-33(6)29(34)18-19-30(33)37-38(8,9)32(3,4)5/h10,16-17,22,26,29-31H,1,11-15,18-21,23H2,2-9H3/t26-,29?,30-,31?,33-,34?/m0/s1. The fraction of sp³-hybridized carbons (Fsp3) is 0.735. The minimum absolute atomic E-state index is 0.115. The molecule has 3 unspecified atom stereocenters. The zero-order valence-corrected chi connectivity index (χ0v) is 26.6. The summed E-state index contributed by atoms with van der Waals surface area (Å²) < 4.78 is 12.9. The molecule has 0 saturated heterocycles. The normalized spacial score (nSPS) is 32.7. The molecule has 4 heteroatoms. The van der Waals surface area contributed by atoms with Crippen LogP contribution in [0.1, 0.15) is 109 Å². The summed E-state index contributed by atoms with van der Waals surface area (Å²) in [5.74, 6) is 3.00. The van der Waals surface area contributed by atoms with Gasteiger partial charge in [0.2, 0.25) is 0 Å². The highest BCUT2D eigenvalue weighted by molar-refractivity contribution is 6.74. The number of aryl methyl sites for hydroxylation is 1. The van der Waals surface area contributed by atoms with E-state index in [-0.39, 0.29) is 15.9 Å². The second kappa shape index (κ2) is 10.9. The number of carbonyl (C=O) groups is 1. The molecule has 0 aliphatic heterocycles. The van der Waals surface area contributed by atoms with Crippen LogP contribution in [0.25, 0.3) is 0 Å². The Morgan fingerprint density at radius 3 is 2.55 bits per heavy atom. The first-order chi connectivity index (χ1) is 17.8. The van der Waals surface area contributed by atoms with Gasteiger partial charge >= 0.3 is 0 Å². The van der Waals surface area contributed by atoms with E-state index in [2.05, 4.69) is 71.6 Å². The van der Waals surface area contributed by atoms with Gasteiger partial charge in [-0.25, -0.2) is 0 Å². The van der Waals surface area contributed by atoms with Crippen LogP contribution in [0.4, 0.5) is 0 Å². The van der Waals surface area contributed by atoms with Gasteiger partial charge in [0.15, 0.2) is 8.32 Å². The fourth-order valence-corrected chi connectivity index (χ4v) is 9.93. The van der Waals surface area contributed by atoms with E-state index in [9.17, 15) is 4.79 Å². The maximum absolute atomic E-state index is 11.5. The van der Waals surface area contributed by atoms with Crippen molar-refractivity contribution in [3.63, 3.8) is 0 Å². The summed E-state index contributed by atoms with van der Waals surface area (Å²) in [4.78, 5) is 11.5. The molecule has 0 bridgehead atoms. The Kier molecular flexibility index (Phi) is 8.47. The topological polar surface area (TPSA) is 35.5 Å². The van der Waals surface area contributed by atoms with Crippen molar-refractivity contribution in [2.45, 2.75) is 129 Å². The minimum atomic E-state index is -1.88. The lowest BCUT2D eigenvalue weighted by atomic mass is 9.44. The molecule has 3 aliphatic rings. The molecule has 0 spiro atoms. The molecule has 212 valence electrons. The first-order valence-corrected chi connectivity index (χ1v) is 18.2. The van der Waals surface area contributed by atoms with E-state index in [0.717, 1.165) is 31.4 Å². The molecular formula is C34H54O3Si. The highest BCUT2D eigenvalue weighted by Crippen LogP contribution is 2.70. The molecule has 0 N–H and O–H groups in total. The number of benzene rings is 1. The average molecular weight is 539 g/mol. The zero-order valence-electron chi connectivity index (χ0n) is 25.6. The lowest BCUT2D eigenvalue weighted by molar-refractivity contribution is -0.117. The molecule has 0 amide bonds. The van der Waals surface area contributed by atoms with Gasteiger partial charge in [-0.2, -0.15) is 0 Å². The number of methoxy groups -OCH3 is 1. The van der Waals surface area contributed by atoms with Crippen molar-refractivity contribution in [1.29, 1.82) is 0 Å². The van der Waals surface area contributed by atoms with Crippen molar-refractivity contribution in [3.05, 3.63) is 42.0 Å². The highest BCUT2D eigenvalue weighted by Gasteiger charge is 2.64. The summed E-state index contributed by atoms with van der Waals surface area (Å²) in [5.41, 5.74) is 3.31. The third-order valence-corrected chi connectivity index (χ3v) is 15.9. The van der Waals surface area contributed by atoms with Crippen molar-refractivity contribution in [2.75, 3.05) is 7.11 Å². The van der Waals surface area contributed by atoms with Gasteiger partial charge < -0.3 is 14.0 Å². The van der Waals surface area contributed by atoms with Gasteiger partial charge in [-0.15, -0.1) is 6.58 Å². The third-order valence-electron chi connectivity index (χ3n) is 11.4. The molecule has 0 radical (unpaired) electrons. The van der Waals surface area contributed by atoms with Crippen LogP contribution in [0.2, 0.25) is 18.1 Å². The highest BCUT2D eigenvalue weighted by atomic mass is 28.4. The molecule has 2 fully saturated rings. The Bertz CT molecular complexity index is 1020. The molecule has 1 aromatic rings. The van der Waals surface area contributed by atoms with Crippen molar-refractivity contribution in [1.82, 2.24) is 0 Å². The lowest BCUT2D eigenvalue weighted by Crippen LogP contribution is -2.56. The summed E-state index contributed by atoms with van der Waals surface area (Å²) in [6.07, 6.45) is 14.0. The predicted molar refractivity (Wildman–Crippen MR) is 161 cm³/mol. The van der Waals surface area contributed by atoms with Crippen LogP contribution in [0.5, 0.6) is 5.75 Å². The maximum atomic E-state index is 11.5. The van der Waals surface area contributed by atoms with Crippen molar-refractivity contribution in [2.24, 2.45) is 22.7 Å². The number of hydrogen-bond donors (Lipinski definition) is 0. The van der Waals surface area contributed by atoms with Gasteiger partial charge in [0.05, 0.1) is 13.2 Å². The number of allylic oxidation sites excluding steroid dienone is 1. The van der Waals surface area contributed by atoms with E-state index in [0.29, 0.717) is 29.6 Å². The van der Waals surface area contributed by atoms with E-state index < -0.39 is 8.32 Å². The second-order valence-electron chi connectivity index (χ2n) is 14.6. The van der Waals surface area contributed by atoms with E-state index >= 15 is 0 Å². The van der Waals surface area contributed by atoms with Gasteiger partial charge in [-0.1, -0.05) is 52.7 Å². The number of rotatable bonds is 10. The van der Waals surface area contributed by atoms with E-state index in [1.54, 1.807) is 19.6 Å². The number of fused-ring (bicyclic) bond motifs is 5. The van der Waals surface area contributed by atoms with Crippen LogP contribution < -0.4 is 4.74 Å². The Morgan fingerprint density at radius 1 is 1.18 bits per heavy atom. The van der Waals surface area contributed by atoms with Crippen LogP contribution in [-0.2, 0) is 15.6 Å². The monoisotopic (exact) mass is 538 g/mol. The number of ether oxygens (including phenoxy) is 1. The first kappa shape index (κ1) is 29.6. The molecule has 1 aromatic carbocycles. The number of ketones is 1. The minimum Gasteiger partial charge on any atom is -0.497 e. The average Bonchev–Trinajstić information content (AvgIpc) is 3.17. The van der Waals surface area contributed by atoms with E-state index in [1.165, 1.54) is 44.1 Å². The summed E-state index contributed by atoms with van der Waals surface area (Å²) in [6.45, 7) is 20.8. The molecule has 0 aromatic heterocycles. The van der Waals surface area contributed by atoms with Crippen LogP contribution in [-0.4, -0.2) is 27.3 Å². The van der Waals surface area contributed by atoms with Crippen molar-refractivity contribution >= 4 is 14.1 Å². The third kappa shape index (κ3) is 5.21. The summed E-state index contributed by atoms with van der Waals surface area (Å²) in [6, 6.07) is 6.84. The zero-order chi connectivity index (χ0) is 27.9. The van der Waals surface area contributed by atoms with Crippen molar-refractivity contribution < 1.29 is 14.0 Å². The van der Waals surface area contributed by atoms with Crippen molar-refractivity contribution in [3.8, 4) is 5.75 Å². The molecule has 38 heavy (non-hydrogen) atoms. The van der Waals surface area contributed by atoms with Gasteiger partial charge in [0.1, 0.15) is 11.5 Å². The smallest absolute Gasteiger partial charge is 0.192 e. The predicted octanol–water partition coefficient (Wildman–Crippen LogP) is 9.26. The molecule has 2 saturated carbocycles. The van der Waals surface area contributed by atoms with E-state index in [4.69, 9.17) is 9.16 Å². The van der Waals surface area contributed by atoms with E-state index in [1.807, 2.05) is 0 Å². The molecule has 0 heterocycles. The Balaban J connectivity index is 1.71. The maximum Gasteiger partial charge on any atom is 0.192 e. The number of unbranched alkanes of at least 4 members (excludes halogenated alkanes) is 2. The fourth-order valence-electron chi connectivity index (χ4n) is 8.47. The Morgan fingerprint density at radius 2 is 1.92 bits per heavy atom. The second-order valence-corrected chi connectivity index (χ2v) is 19.4. The molecular weight excluding hydrogens is 484 g/mol. The first-order valence-electron chi connectivity index (χ1n) is 15.3. The van der Waals surface area contributed by atoms with Crippen LogP contribution in [0, 0.1) is 22.7 Å². The van der Waals surface area contributed by atoms with Crippen LogP contribution in [0.15, 0.2) is 30.9 Å². The lowest BCUT2D eigenvalue weighted by Gasteiger charge is -2.61. The molecule has 3 aliphatic carbocycles.